The molecule has 0 heterocycles. The molecule has 0 aliphatic carbocycles. The monoisotopic (exact) mass is 181 g/mol. The number of hydrogen-bond donors (Lipinski definition) is 0. The van der Waals surface area contributed by atoms with Crippen LogP contribution in [0.4, 0.5) is 0 Å². The van der Waals surface area contributed by atoms with Crippen molar-refractivity contribution in [3.05, 3.63) is 0 Å². The zero-order valence-corrected chi connectivity index (χ0v) is 8.21. The van der Waals surface area contributed by atoms with Gasteiger partial charge in [0, 0.05) is 5.75 Å². The molecule has 0 aromatic carbocycles. The van der Waals surface area contributed by atoms with E-state index in [1.54, 1.807) is 0 Å². The Kier molecular flexibility index (Phi) is 7.82. The first-order valence-electron chi connectivity index (χ1n) is 3.54. The highest BCUT2D eigenvalue weighted by molar-refractivity contribution is 8.50. The van der Waals surface area contributed by atoms with Crippen molar-refractivity contribution in [3.63, 3.8) is 0 Å². The Morgan fingerprint density at radius 2 is 2.10 bits per heavy atom. The summed E-state index contributed by atoms with van der Waals surface area (Å²) in [5.74, 6) is 0.929. The number of hydrogen-bond acceptors (Lipinski definition) is 3. The third-order valence-electron chi connectivity index (χ3n) is 0.802. The van der Waals surface area contributed by atoms with Crippen LogP contribution in [0.1, 0.15) is 26.7 Å². The van der Waals surface area contributed by atoms with Crippen LogP contribution in [0, 0.1) is 0 Å². The molecule has 1 atom stereocenters. The predicted octanol–water partition coefficient (Wildman–Crippen LogP) is 3.21. The Morgan fingerprint density at radius 1 is 1.40 bits per heavy atom. The molecule has 0 aromatic rings. The minimum Gasteiger partial charge on any atom is -0.136 e. The molecule has 0 radical (unpaired) electrons. The lowest BCUT2D eigenvalue weighted by Crippen LogP contribution is -1.80. The summed E-state index contributed by atoms with van der Waals surface area (Å²) in [6.07, 6.45) is 2.00. The lowest BCUT2D eigenvalue weighted by molar-refractivity contribution is 0.339. The fourth-order valence-corrected chi connectivity index (χ4v) is 2.55. The molecule has 0 aromatic heterocycles. The van der Waals surface area contributed by atoms with E-state index >= 15 is 0 Å². The molecule has 0 saturated carbocycles. The van der Waals surface area contributed by atoms with E-state index in [1.807, 2.05) is 6.92 Å². The molecule has 0 fully saturated rings. The van der Waals surface area contributed by atoms with Gasteiger partial charge < -0.3 is 0 Å². The Bertz CT molecular complexity index is 87.7. The van der Waals surface area contributed by atoms with Gasteiger partial charge in [-0.1, -0.05) is 13.8 Å². The molecule has 0 bridgehead atoms. The molecule has 2 nitrogen and oxygen atoms in total. The first kappa shape index (κ1) is 10.4. The SMILES string of the molecule is CCCO[P+](=O)SCCC. The molecule has 10 heavy (non-hydrogen) atoms. The fourth-order valence-electron chi connectivity index (χ4n) is 0.369. The predicted molar refractivity (Wildman–Crippen MR) is 46.6 cm³/mol. The van der Waals surface area contributed by atoms with E-state index in [2.05, 4.69) is 6.92 Å². The van der Waals surface area contributed by atoms with Crippen molar-refractivity contribution in [2.45, 2.75) is 26.7 Å². The van der Waals surface area contributed by atoms with Gasteiger partial charge in [0.2, 0.25) is 0 Å². The zero-order chi connectivity index (χ0) is 7.82. The Labute approximate surface area is 67.3 Å². The zero-order valence-electron chi connectivity index (χ0n) is 6.50. The van der Waals surface area contributed by atoms with Crippen molar-refractivity contribution in [1.82, 2.24) is 0 Å². The highest BCUT2D eigenvalue weighted by Crippen LogP contribution is 2.38. The van der Waals surface area contributed by atoms with Crippen molar-refractivity contribution < 1.29 is 9.09 Å². The lowest BCUT2D eigenvalue weighted by atomic mass is 10.5. The van der Waals surface area contributed by atoms with Gasteiger partial charge in [-0.15, -0.1) is 4.52 Å². The maximum atomic E-state index is 10.8. The van der Waals surface area contributed by atoms with E-state index in [-0.39, 0.29) is 0 Å². The van der Waals surface area contributed by atoms with E-state index in [9.17, 15) is 4.57 Å². The molecule has 1 unspecified atom stereocenters. The van der Waals surface area contributed by atoms with Crippen LogP contribution in [-0.4, -0.2) is 12.4 Å². The van der Waals surface area contributed by atoms with Gasteiger partial charge in [0.05, 0.1) is 0 Å². The van der Waals surface area contributed by atoms with E-state index in [1.165, 1.54) is 11.4 Å². The van der Waals surface area contributed by atoms with Crippen LogP contribution >= 0.6 is 18.6 Å². The van der Waals surface area contributed by atoms with Crippen LogP contribution < -0.4 is 0 Å². The maximum absolute atomic E-state index is 10.8. The number of rotatable bonds is 6. The van der Waals surface area contributed by atoms with Gasteiger partial charge in [-0.2, -0.15) is 0 Å². The van der Waals surface area contributed by atoms with Crippen molar-refractivity contribution in [2.75, 3.05) is 12.4 Å². The van der Waals surface area contributed by atoms with Gasteiger partial charge in [-0.3, -0.25) is 0 Å². The van der Waals surface area contributed by atoms with Crippen LogP contribution in [0.3, 0.4) is 0 Å². The summed E-state index contributed by atoms with van der Waals surface area (Å²) in [6.45, 7) is 4.69. The Morgan fingerprint density at radius 3 is 2.60 bits per heavy atom. The van der Waals surface area contributed by atoms with Crippen LogP contribution in [0.2, 0.25) is 0 Å². The molecular weight excluding hydrogens is 167 g/mol. The molecule has 0 rings (SSSR count). The van der Waals surface area contributed by atoms with E-state index in [0.29, 0.717) is 6.61 Å². The molecule has 60 valence electrons. The molecular formula is C6H14O2PS+. The average Bonchev–Trinajstić information content (AvgIpc) is 1.97. The summed E-state index contributed by atoms with van der Waals surface area (Å²) in [7, 11) is -1.43. The minimum atomic E-state index is -1.43. The molecule has 0 saturated heterocycles. The average molecular weight is 181 g/mol. The lowest BCUT2D eigenvalue weighted by Gasteiger charge is -1.84. The largest absolute Gasteiger partial charge is 0.585 e. The molecule has 0 spiro atoms. The second kappa shape index (κ2) is 7.52. The van der Waals surface area contributed by atoms with E-state index < -0.39 is 7.23 Å². The quantitative estimate of drug-likeness (QED) is 0.588. The summed E-state index contributed by atoms with van der Waals surface area (Å²) in [5, 5.41) is 0. The van der Waals surface area contributed by atoms with Crippen molar-refractivity contribution in [1.29, 1.82) is 0 Å². The van der Waals surface area contributed by atoms with Crippen LogP contribution in [0.25, 0.3) is 0 Å². The third kappa shape index (κ3) is 6.53. The second-order valence-corrected chi connectivity index (χ2v) is 4.93. The van der Waals surface area contributed by atoms with Gasteiger partial charge in [0.1, 0.15) is 6.61 Å². The van der Waals surface area contributed by atoms with Crippen molar-refractivity contribution in [2.24, 2.45) is 0 Å². The van der Waals surface area contributed by atoms with Crippen molar-refractivity contribution in [3.8, 4) is 0 Å². The van der Waals surface area contributed by atoms with E-state index in [4.69, 9.17) is 4.52 Å². The van der Waals surface area contributed by atoms with E-state index in [0.717, 1.165) is 18.6 Å². The molecule has 4 heteroatoms. The smallest absolute Gasteiger partial charge is 0.136 e. The normalized spacial score (nSPS) is 11.6. The summed E-state index contributed by atoms with van der Waals surface area (Å²) in [5.41, 5.74) is 0. The molecule has 0 aliphatic heterocycles. The van der Waals surface area contributed by atoms with Crippen LogP contribution in [0.5, 0.6) is 0 Å². The maximum Gasteiger partial charge on any atom is 0.585 e. The van der Waals surface area contributed by atoms with Crippen LogP contribution in [-0.2, 0) is 9.09 Å². The summed E-state index contributed by atoms with van der Waals surface area (Å²) in [4.78, 5) is 0. The van der Waals surface area contributed by atoms with Crippen molar-refractivity contribution >= 4 is 18.6 Å². The summed E-state index contributed by atoms with van der Waals surface area (Å²) in [6, 6.07) is 0. The Hall–Kier alpha value is 0.410. The summed E-state index contributed by atoms with van der Waals surface area (Å²) < 4.78 is 15.8. The standard InChI is InChI=1S/C6H14O2PS/c1-3-5-8-9(7)10-6-4-2/h3-6H2,1-2H3/q+1. The van der Waals surface area contributed by atoms with Gasteiger partial charge >= 0.3 is 7.23 Å². The Balaban J connectivity index is 3.09. The first-order chi connectivity index (χ1) is 4.81. The minimum absolute atomic E-state index is 0.617. The first-order valence-corrected chi connectivity index (χ1v) is 6.31. The highest BCUT2D eigenvalue weighted by atomic mass is 32.7. The highest BCUT2D eigenvalue weighted by Gasteiger charge is 2.17. The van der Waals surface area contributed by atoms with Gasteiger partial charge in [-0.05, 0) is 17.4 Å². The topological polar surface area (TPSA) is 26.3 Å². The molecule has 0 N–H and O–H groups in total. The van der Waals surface area contributed by atoms with Gasteiger partial charge in [0.15, 0.2) is 11.4 Å². The van der Waals surface area contributed by atoms with Gasteiger partial charge in [-0.25, -0.2) is 0 Å². The van der Waals surface area contributed by atoms with Gasteiger partial charge in [0.25, 0.3) is 0 Å². The van der Waals surface area contributed by atoms with Crippen LogP contribution in [0.15, 0.2) is 0 Å². The third-order valence-corrected chi connectivity index (χ3v) is 3.49. The molecule has 0 aliphatic rings. The fraction of sp³-hybridized carbons (Fsp3) is 1.00. The summed E-state index contributed by atoms with van der Waals surface area (Å²) >= 11 is 1.40. The second-order valence-electron chi connectivity index (χ2n) is 1.89. The molecule has 0 amide bonds.